The van der Waals surface area contributed by atoms with Gasteiger partial charge in [0.2, 0.25) is 0 Å². The highest BCUT2D eigenvalue weighted by molar-refractivity contribution is 9.10. The minimum absolute atomic E-state index is 0.0443. The number of aromatic nitrogens is 1. The van der Waals surface area contributed by atoms with Crippen LogP contribution in [0.3, 0.4) is 0 Å². The summed E-state index contributed by atoms with van der Waals surface area (Å²) in [7, 11) is 0. The van der Waals surface area contributed by atoms with Crippen LogP contribution in [-0.2, 0) is 4.79 Å². The first-order valence-corrected chi connectivity index (χ1v) is 6.62. The van der Waals surface area contributed by atoms with Gasteiger partial charge in [0.25, 0.3) is 5.91 Å². The molecule has 0 saturated carbocycles. The maximum Gasteiger partial charge on any atom is 0.326 e. The van der Waals surface area contributed by atoms with Crippen LogP contribution in [0.5, 0.6) is 0 Å². The van der Waals surface area contributed by atoms with Crippen LogP contribution < -0.4 is 16.8 Å². The Morgan fingerprint density at radius 2 is 2.20 bits per heavy atom. The van der Waals surface area contributed by atoms with Gasteiger partial charge in [-0.2, -0.15) is 0 Å². The lowest BCUT2D eigenvalue weighted by molar-refractivity contribution is -0.139. The van der Waals surface area contributed by atoms with Gasteiger partial charge in [0.05, 0.1) is 0 Å². The molecule has 110 valence electrons. The number of rotatable bonds is 7. The number of hydrogen-bond acceptors (Lipinski definition) is 3. The number of carboxylic acids is 1. The predicted molar refractivity (Wildman–Crippen MR) is 77.3 cm³/mol. The first kappa shape index (κ1) is 16.0. The molecule has 1 amide bonds. The monoisotopic (exact) mass is 345 g/mol. The fraction of sp³-hybridized carbons (Fsp3) is 0.364. The van der Waals surface area contributed by atoms with Crippen LogP contribution in [0.2, 0.25) is 0 Å². The van der Waals surface area contributed by atoms with Crippen LogP contribution in [0.4, 0.5) is 0 Å². The zero-order valence-corrected chi connectivity index (χ0v) is 12.2. The average molecular weight is 346 g/mol. The first-order chi connectivity index (χ1) is 9.40. The van der Waals surface area contributed by atoms with Gasteiger partial charge in [-0.15, -0.1) is 0 Å². The van der Waals surface area contributed by atoms with E-state index in [9.17, 15) is 9.59 Å². The Hall–Kier alpha value is -2.03. The van der Waals surface area contributed by atoms with Crippen molar-refractivity contribution in [2.24, 2.45) is 16.5 Å². The highest BCUT2D eigenvalue weighted by atomic mass is 79.9. The average Bonchev–Trinajstić information content (AvgIpc) is 2.79. The Balaban J connectivity index is 2.52. The van der Waals surface area contributed by atoms with Gasteiger partial charge in [-0.1, -0.05) is 0 Å². The Kier molecular flexibility index (Phi) is 6.04. The predicted octanol–water partition coefficient (Wildman–Crippen LogP) is 0.0138. The summed E-state index contributed by atoms with van der Waals surface area (Å²) in [6.45, 7) is 0.316. The molecule has 0 radical (unpaired) electrons. The number of carbonyl (C=O) groups excluding carboxylic acids is 1. The minimum Gasteiger partial charge on any atom is -0.480 e. The van der Waals surface area contributed by atoms with Crippen molar-refractivity contribution < 1.29 is 14.7 Å². The van der Waals surface area contributed by atoms with Gasteiger partial charge in [-0.25, -0.2) is 4.79 Å². The molecule has 0 spiro atoms. The molecule has 0 aliphatic carbocycles. The Morgan fingerprint density at radius 1 is 1.50 bits per heavy atom. The van der Waals surface area contributed by atoms with E-state index in [1.54, 1.807) is 12.3 Å². The molecule has 20 heavy (non-hydrogen) atoms. The van der Waals surface area contributed by atoms with E-state index in [-0.39, 0.29) is 18.1 Å². The number of nitrogens with zero attached hydrogens (tertiary/aromatic N) is 1. The third kappa shape index (κ3) is 5.31. The summed E-state index contributed by atoms with van der Waals surface area (Å²) in [6, 6.07) is 0.576. The maximum atomic E-state index is 11.8. The van der Waals surface area contributed by atoms with Crippen molar-refractivity contribution in [3.63, 3.8) is 0 Å². The summed E-state index contributed by atoms with van der Waals surface area (Å²) < 4.78 is 0.710. The highest BCUT2D eigenvalue weighted by Crippen LogP contribution is 2.11. The number of halogens is 1. The molecule has 8 nitrogen and oxygen atoms in total. The molecule has 0 bridgehead atoms. The minimum atomic E-state index is -1.10. The van der Waals surface area contributed by atoms with E-state index >= 15 is 0 Å². The number of amides is 1. The van der Waals surface area contributed by atoms with Gasteiger partial charge in [-0.3, -0.25) is 9.79 Å². The lowest BCUT2D eigenvalue weighted by Gasteiger charge is -2.13. The number of nitrogens with two attached hydrogens (primary N) is 2. The van der Waals surface area contributed by atoms with E-state index in [4.69, 9.17) is 16.6 Å². The molecule has 9 heteroatoms. The number of carbonyl (C=O) groups is 2. The number of nitrogens with one attached hydrogen (secondary N) is 2. The van der Waals surface area contributed by atoms with Gasteiger partial charge in [0, 0.05) is 17.2 Å². The van der Waals surface area contributed by atoms with Crippen LogP contribution in [0, 0.1) is 0 Å². The van der Waals surface area contributed by atoms with E-state index in [0.29, 0.717) is 17.4 Å². The van der Waals surface area contributed by atoms with Crippen molar-refractivity contribution in [3.05, 3.63) is 22.4 Å². The molecule has 0 aliphatic rings. The number of aliphatic imine (C=N–C) groups is 1. The third-order valence-corrected chi connectivity index (χ3v) is 2.90. The molecule has 1 unspecified atom stereocenters. The topological polar surface area (TPSA) is 147 Å². The molecule has 0 fully saturated rings. The SMILES string of the molecule is NC(N)=NCCCC(NC(=O)c1cc(Br)c[nH]1)C(=O)O. The quantitative estimate of drug-likeness (QED) is 0.268. The van der Waals surface area contributed by atoms with Gasteiger partial charge in [-0.05, 0) is 34.8 Å². The largest absolute Gasteiger partial charge is 0.480 e. The van der Waals surface area contributed by atoms with Crippen molar-refractivity contribution in [1.29, 1.82) is 0 Å². The molecule has 1 heterocycles. The van der Waals surface area contributed by atoms with E-state index in [2.05, 4.69) is 31.2 Å². The van der Waals surface area contributed by atoms with Crippen LogP contribution >= 0.6 is 15.9 Å². The van der Waals surface area contributed by atoms with Crippen molar-refractivity contribution in [2.75, 3.05) is 6.54 Å². The molecule has 0 aromatic carbocycles. The number of hydrogen-bond donors (Lipinski definition) is 5. The van der Waals surface area contributed by atoms with Crippen LogP contribution in [0.15, 0.2) is 21.7 Å². The smallest absolute Gasteiger partial charge is 0.326 e. The summed E-state index contributed by atoms with van der Waals surface area (Å²) in [4.78, 5) is 29.4. The second-order valence-corrected chi connectivity index (χ2v) is 4.96. The standard InChI is InChI=1S/C11H16BrN5O3/c12-6-4-8(16-5-6)9(18)17-7(10(19)20)2-1-3-15-11(13)14/h4-5,7,16H,1-3H2,(H,17,18)(H,19,20)(H4,13,14,15). The second kappa shape index (κ2) is 7.53. The van der Waals surface area contributed by atoms with Crippen molar-refractivity contribution in [3.8, 4) is 0 Å². The van der Waals surface area contributed by atoms with Crippen LogP contribution in [0.25, 0.3) is 0 Å². The summed E-state index contributed by atoms with van der Waals surface area (Å²) in [6.07, 6.45) is 2.27. The molecule has 1 rings (SSSR count). The summed E-state index contributed by atoms with van der Waals surface area (Å²) in [5, 5.41) is 11.5. The molecule has 1 aromatic rings. The van der Waals surface area contributed by atoms with E-state index in [1.807, 2.05) is 0 Å². The number of carboxylic acid groups (broad SMARTS) is 1. The Bertz CT molecular complexity index is 510. The van der Waals surface area contributed by atoms with E-state index in [0.717, 1.165) is 0 Å². The van der Waals surface area contributed by atoms with Gasteiger partial charge >= 0.3 is 5.97 Å². The molecular weight excluding hydrogens is 330 g/mol. The zero-order valence-electron chi connectivity index (χ0n) is 10.6. The molecule has 7 N–H and O–H groups in total. The Morgan fingerprint density at radius 3 is 2.70 bits per heavy atom. The molecule has 0 aliphatic heterocycles. The fourth-order valence-corrected chi connectivity index (χ4v) is 1.84. The van der Waals surface area contributed by atoms with Crippen molar-refractivity contribution >= 4 is 33.8 Å². The van der Waals surface area contributed by atoms with Crippen LogP contribution in [-0.4, -0.2) is 40.5 Å². The van der Waals surface area contributed by atoms with Crippen LogP contribution in [0.1, 0.15) is 23.3 Å². The first-order valence-electron chi connectivity index (χ1n) is 5.83. The lowest BCUT2D eigenvalue weighted by Crippen LogP contribution is -2.41. The molecular formula is C11H16BrN5O3. The Labute approximate surface area is 123 Å². The number of aromatic amines is 1. The number of H-pyrrole nitrogens is 1. The van der Waals surface area contributed by atoms with Gasteiger partial charge in [0.1, 0.15) is 11.7 Å². The maximum absolute atomic E-state index is 11.8. The van der Waals surface area contributed by atoms with Gasteiger partial charge < -0.3 is 26.9 Å². The summed E-state index contributed by atoms with van der Waals surface area (Å²) in [5.74, 6) is -1.63. The highest BCUT2D eigenvalue weighted by Gasteiger charge is 2.20. The number of aliphatic carboxylic acids is 1. The number of guanidine groups is 1. The summed E-state index contributed by atoms with van der Waals surface area (Å²) >= 11 is 3.19. The fourth-order valence-electron chi connectivity index (χ4n) is 1.50. The third-order valence-electron chi connectivity index (χ3n) is 2.44. The van der Waals surface area contributed by atoms with Gasteiger partial charge in [0.15, 0.2) is 5.96 Å². The zero-order chi connectivity index (χ0) is 15.1. The second-order valence-electron chi connectivity index (χ2n) is 4.04. The lowest BCUT2D eigenvalue weighted by atomic mass is 10.1. The van der Waals surface area contributed by atoms with Crippen molar-refractivity contribution in [2.45, 2.75) is 18.9 Å². The van der Waals surface area contributed by atoms with E-state index in [1.165, 1.54) is 0 Å². The summed E-state index contributed by atoms with van der Waals surface area (Å²) in [5.41, 5.74) is 10.6. The molecule has 1 atom stereocenters. The van der Waals surface area contributed by atoms with E-state index < -0.39 is 17.9 Å². The normalized spacial score (nSPS) is 11.7. The van der Waals surface area contributed by atoms with Crippen molar-refractivity contribution in [1.82, 2.24) is 10.3 Å². The molecule has 0 saturated heterocycles. The molecule has 1 aromatic heterocycles.